The third kappa shape index (κ3) is 5.77. The standard InChI is InChI=1S/C22H26ClN7O2S/c1-14-4-3-5-16(23)20(14)28-21(32)17-13-24-22(33-17)27-18-12-19(26-15(2)25-18)30-8-6-29(7-9-30)10-11-31/h3-5,12-13,31H,6-11H2,1-2H3,(H,28,32)(H,24,25,26,27)/i1D3. The van der Waals surface area contributed by atoms with E-state index in [1.807, 2.05) is 13.0 Å². The zero-order chi connectivity index (χ0) is 25.9. The first kappa shape index (κ1) is 19.7. The number of nitrogens with one attached hydrogen (secondary N) is 2. The second kappa shape index (κ2) is 10.4. The molecule has 4 rings (SSSR count). The number of amides is 1. The van der Waals surface area contributed by atoms with E-state index < -0.39 is 12.8 Å². The zero-order valence-electron chi connectivity index (χ0n) is 21.0. The molecule has 0 aliphatic carbocycles. The Labute approximate surface area is 205 Å². The number of aliphatic hydroxyl groups is 1. The second-order valence-electron chi connectivity index (χ2n) is 7.48. The molecule has 2 aromatic heterocycles. The number of rotatable bonds is 7. The molecule has 1 aliphatic heterocycles. The van der Waals surface area contributed by atoms with Gasteiger partial charge in [0.05, 0.1) is 23.5 Å². The second-order valence-corrected chi connectivity index (χ2v) is 8.92. The van der Waals surface area contributed by atoms with Gasteiger partial charge in [-0.25, -0.2) is 15.0 Å². The van der Waals surface area contributed by atoms with E-state index in [1.165, 1.54) is 24.4 Å². The number of aliphatic hydroxyl groups excluding tert-OH is 1. The Morgan fingerprint density at radius 3 is 2.88 bits per heavy atom. The normalized spacial score (nSPS) is 16.1. The number of anilines is 4. The van der Waals surface area contributed by atoms with Crippen molar-refractivity contribution in [3.63, 3.8) is 0 Å². The summed E-state index contributed by atoms with van der Waals surface area (Å²) in [6.07, 6.45) is 1.41. The lowest BCUT2D eigenvalue weighted by Gasteiger charge is -2.35. The van der Waals surface area contributed by atoms with Crippen molar-refractivity contribution in [3.05, 3.63) is 51.7 Å². The lowest BCUT2D eigenvalue weighted by molar-refractivity contribution is 0.103. The van der Waals surface area contributed by atoms with Crippen LogP contribution in [0.5, 0.6) is 0 Å². The van der Waals surface area contributed by atoms with E-state index in [4.69, 9.17) is 20.8 Å². The van der Waals surface area contributed by atoms with Gasteiger partial charge in [0.1, 0.15) is 22.3 Å². The number of piperazine rings is 1. The van der Waals surface area contributed by atoms with Crippen LogP contribution >= 0.6 is 22.9 Å². The van der Waals surface area contributed by atoms with E-state index in [2.05, 4.69) is 35.4 Å². The molecule has 0 saturated carbocycles. The molecule has 1 aliphatic rings. The predicted octanol–water partition coefficient (Wildman–Crippen LogP) is 3.31. The highest BCUT2D eigenvalue weighted by Crippen LogP contribution is 2.28. The maximum Gasteiger partial charge on any atom is 0.267 e. The number of carbonyl (C=O) groups is 1. The van der Waals surface area contributed by atoms with Crippen LogP contribution in [0.1, 0.15) is 25.2 Å². The van der Waals surface area contributed by atoms with Gasteiger partial charge in [-0.1, -0.05) is 35.1 Å². The summed E-state index contributed by atoms with van der Waals surface area (Å²) in [7, 11) is 0. The largest absolute Gasteiger partial charge is 0.395 e. The number of carbonyl (C=O) groups excluding carboxylic acids is 1. The topological polar surface area (TPSA) is 107 Å². The average molecular weight is 491 g/mol. The van der Waals surface area contributed by atoms with Gasteiger partial charge in [0, 0.05) is 42.9 Å². The van der Waals surface area contributed by atoms with Gasteiger partial charge in [0.25, 0.3) is 5.91 Å². The van der Waals surface area contributed by atoms with Crippen molar-refractivity contribution in [1.29, 1.82) is 0 Å². The molecule has 174 valence electrons. The Balaban J connectivity index is 1.46. The molecule has 1 amide bonds. The monoisotopic (exact) mass is 490 g/mol. The van der Waals surface area contributed by atoms with Gasteiger partial charge < -0.3 is 20.6 Å². The third-order valence-corrected chi connectivity index (χ3v) is 6.38. The summed E-state index contributed by atoms with van der Waals surface area (Å²) in [5.74, 6) is 1.42. The van der Waals surface area contributed by atoms with Crippen molar-refractivity contribution >= 4 is 51.3 Å². The molecule has 3 heterocycles. The predicted molar refractivity (Wildman–Crippen MR) is 132 cm³/mol. The van der Waals surface area contributed by atoms with Gasteiger partial charge >= 0.3 is 0 Å². The van der Waals surface area contributed by atoms with Crippen LogP contribution in [-0.2, 0) is 0 Å². The fourth-order valence-electron chi connectivity index (χ4n) is 3.49. The number of nitrogens with zero attached hydrogens (tertiary/aromatic N) is 5. The Kier molecular flexibility index (Phi) is 6.21. The van der Waals surface area contributed by atoms with E-state index in [0.717, 1.165) is 43.3 Å². The summed E-state index contributed by atoms with van der Waals surface area (Å²) >= 11 is 7.28. The first-order valence-corrected chi connectivity index (χ1v) is 11.6. The van der Waals surface area contributed by atoms with Crippen molar-refractivity contribution in [2.24, 2.45) is 0 Å². The van der Waals surface area contributed by atoms with Crippen LogP contribution in [0.2, 0.25) is 5.02 Å². The van der Waals surface area contributed by atoms with Crippen LogP contribution in [-0.4, -0.2) is 70.2 Å². The van der Waals surface area contributed by atoms with Crippen LogP contribution in [0.3, 0.4) is 0 Å². The fourth-order valence-corrected chi connectivity index (χ4v) is 4.43. The minimum absolute atomic E-state index is 0.0348. The highest BCUT2D eigenvalue weighted by atomic mass is 35.5. The van der Waals surface area contributed by atoms with Crippen LogP contribution in [0, 0.1) is 13.8 Å². The molecule has 0 radical (unpaired) electrons. The van der Waals surface area contributed by atoms with Crippen molar-refractivity contribution < 1.29 is 14.0 Å². The molecular weight excluding hydrogens is 462 g/mol. The molecule has 0 unspecified atom stereocenters. The third-order valence-electron chi connectivity index (χ3n) is 5.15. The number of halogens is 1. The molecule has 0 atom stereocenters. The van der Waals surface area contributed by atoms with E-state index in [0.29, 0.717) is 23.3 Å². The fraction of sp³-hybridized carbons (Fsp3) is 0.364. The number of aryl methyl sites for hydroxylation is 2. The van der Waals surface area contributed by atoms with Gasteiger partial charge in [-0.05, 0) is 25.4 Å². The number of β-amino-alcohol motifs (C(OH)–C–C–N with tert-alkyl or cyclic N) is 1. The van der Waals surface area contributed by atoms with Crippen molar-refractivity contribution in [3.8, 4) is 0 Å². The lowest BCUT2D eigenvalue weighted by atomic mass is 10.2. The molecular formula is C22H26ClN7O2S. The summed E-state index contributed by atoms with van der Waals surface area (Å²) in [5, 5.41) is 15.5. The smallest absolute Gasteiger partial charge is 0.267 e. The maximum absolute atomic E-state index is 12.8. The van der Waals surface area contributed by atoms with Crippen molar-refractivity contribution in [2.75, 3.05) is 54.9 Å². The van der Waals surface area contributed by atoms with E-state index in [9.17, 15) is 4.79 Å². The molecule has 1 aromatic carbocycles. The highest BCUT2D eigenvalue weighted by molar-refractivity contribution is 7.17. The first-order chi connectivity index (χ1) is 17.1. The maximum atomic E-state index is 12.8. The Hall–Kier alpha value is -2.79. The average Bonchev–Trinajstić information content (AvgIpc) is 3.28. The summed E-state index contributed by atoms with van der Waals surface area (Å²) in [6, 6.07) is 6.30. The SMILES string of the molecule is [2H]C([2H])([2H])c1cccc(Cl)c1NC(=O)c1cnc(Nc2cc(N3CCN(CCO)CC3)nc(C)n2)s1. The lowest BCUT2D eigenvalue weighted by Crippen LogP contribution is -2.47. The highest BCUT2D eigenvalue weighted by Gasteiger charge is 2.19. The molecule has 9 nitrogen and oxygen atoms in total. The van der Waals surface area contributed by atoms with Gasteiger partial charge in [0.2, 0.25) is 0 Å². The molecule has 0 spiro atoms. The van der Waals surface area contributed by atoms with Crippen LogP contribution in [0.25, 0.3) is 0 Å². The molecule has 3 aromatic rings. The van der Waals surface area contributed by atoms with Crippen LogP contribution < -0.4 is 15.5 Å². The van der Waals surface area contributed by atoms with Gasteiger partial charge in [0.15, 0.2) is 5.13 Å². The van der Waals surface area contributed by atoms with Gasteiger partial charge in [-0.2, -0.15) is 0 Å². The Morgan fingerprint density at radius 1 is 1.30 bits per heavy atom. The van der Waals surface area contributed by atoms with Crippen molar-refractivity contribution in [2.45, 2.75) is 13.8 Å². The number of thiazole rings is 1. The number of hydrogen-bond acceptors (Lipinski definition) is 9. The van der Waals surface area contributed by atoms with Crippen molar-refractivity contribution in [1.82, 2.24) is 19.9 Å². The zero-order valence-corrected chi connectivity index (χ0v) is 19.6. The quantitative estimate of drug-likeness (QED) is 0.463. The molecule has 3 N–H and O–H groups in total. The number of hydrogen-bond donors (Lipinski definition) is 3. The van der Waals surface area contributed by atoms with E-state index in [1.54, 1.807) is 0 Å². The van der Waals surface area contributed by atoms with E-state index >= 15 is 0 Å². The molecule has 1 saturated heterocycles. The number of benzene rings is 1. The summed E-state index contributed by atoms with van der Waals surface area (Å²) < 4.78 is 23.1. The minimum atomic E-state index is -2.43. The van der Waals surface area contributed by atoms with Crippen LogP contribution in [0.15, 0.2) is 30.5 Å². The molecule has 33 heavy (non-hydrogen) atoms. The van der Waals surface area contributed by atoms with Gasteiger partial charge in [-0.15, -0.1) is 0 Å². The minimum Gasteiger partial charge on any atom is -0.395 e. The molecule has 11 heteroatoms. The summed E-state index contributed by atoms with van der Waals surface area (Å²) in [4.78, 5) is 30.7. The summed E-state index contributed by atoms with van der Waals surface area (Å²) in [5.41, 5.74) is 0.0228. The Bertz CT molecular complexity index is 1230. The molecule has 1 fully saturated rings. The number of aromatic nitrogens is 3. The number of para-hydroxylation sites is 1. The van der Waals surface area contributed by atoms with Crippen LogP contribution in [0.4, 0.5) is 22.5 Å². The molecule has 0 bridgehead atoms. The summed E-state index contributed by atoms with van der Waals surface area (Å²) in [6.45, 7) is 3.45. The Morgan fingerprint density at radius 2 is 2.12 bits per heavy atom. The first-order valence-electron chi connectivity index (χ1n) is 11.9. The van der Waals surface area contributed by atoms with E-state index in [-0.39, 0.29) is 27.8 Å². The van der Waals surface area contributed by atoms with Gasteiger partial charge in [-0.3, -0.25) is 9.69 Å².